The van der Waals surface area contributed by atoms with E-state index in [9.17, 15) is 0 Å². The number of hydrogen-bond acceptors (Lipinski definition) is 4. The first-order chi connectivity index (χ1) is 15.1. The van der Waals surface area contributed by atoms with Crippen LogP contribution in [0.1, 0.15) is 49.8 Å². The Morgan fingerprint density at radius 1 is 0.935 bits per heavy atom. The van der Waals surface area contributed by atoms with E-state index >= 15 is 0 Å². The van der Waals surface area contributed by atoms with Crippen LogP contribution in [-0.4, -0.2) is 20.2 Å². The number of aromatic nitrogens is 4. The lowest BCUT2D eigenvalue weighted by Gasteiger charge is -2.27. The van der Waals surface area contributed by atoms with Crippen LogP contribution >= 0.6 is 11.6 Å². The highest BCUT2D eigenvalue weighted by Crippen LogP contribution is 2.39. The van der Waals surface area contributed by atoms with Crippen LogP contribution in [-0.2, 0) is 0 Å². The van der Waals surface area contributed by atoms with Gasteiger partial charge in [0, 0.05) is 22.4 Å². The van der Waals surface area contributed by atoms with Crippen molar-refractivity contribution in [3.63, 3.8) is 0 Å². The zero-order chi connectivity index (χ0) is 21.4. The molecule has 6 heteroatoms. The van der Waals surface area contributed by atoms with Crippen molar-refractivity contribution in [2.24, 2.45) is 5.92 Å². The van der Waals surface area contributed by atoms with Crippen LogP contribution in [0.15, 0.2) is 48.5 Å². The van der Waals surface area contributed by atoms with Gasteiger partial charge in [-0.3, -0.25) is 5.10 Å². The minimum absolute atomic E-state index is 0.442. The number of aromatic amines is 1. The first kappa shape index (κ1) is 20.0. The number of fused-ring (bicyclic) bond motifs is 1. The van der Waals surface area contributed by atoms with Crippen LogP contribution in [0.3, 0.4) is 0 Å². The van der Waals surface area contributed by atoms with E-state index in [1.54, 1.807) is 0 Å². The average molecular weight is 432 g/mol. The van der Waals surface area contributed by atoms with Crippen molar-refractivity contribution >= 4 is 34.1 Å². The number of nitrogens with one attached hydrogen (secondary N) is 2. The minimum atomic E-state index is 0.442. The van der Waals surface area contributed by atoms with Crippen LogP contribution in [0.25, 0.3) is 22.3 Å². The van der Waals surface area contributed by atoms with Gasteiger partial charge in [-0.05, 0) is 49.9 Å². The molecule has 1 saturated carbocycles. The lowest BCUT2D eigenvalue weighted by Crippen LogP contribution is -2.15. The van der Waals surface area contributed by atoms with Gasteiger partial charge in [0.15, 0.2) is 11.6 Å². The molecule has 0 bridgehead atoms. The molecule has 0 amide bonds. The number of H-pyrrole nitrogens is 1. The van der Waals surface area contributed by atoms with Gasteiger partial charge in [0.1, 0.15) is 5.82 Å². The number of nitrogens with zero attached hydrogens (tertiary/aromatic N) is 3. The lowest BCUT2D eigenvalue weighted by molar-refractivity contribution is 0.343. The summed E-state index contributed by atoms with van der Waals surface area (Å²) in [6.45, 7) is 4.45. The summed E-state index contributed by atoms with van der Waals surface area (Å²) in [6, 6.07) is 15.8. The second-order valence-corrected chi connectivity index (χ2v) is 8.99. The maximum Gasteiger partial charge on any atom is 0.163 e. The van der Waals surface area contributed by atoms with E-state index < -0.39 is 0 Å². The van der Waals surface area contributed by atoms with Crippen molar-refractivity contribution in [2.75, 3.05) is 5.32 Å². The molecular weight excluding hydrogens is 406 g/mol. The molecule has 31 heavy (non-hydrogen) atoms. The Morgan fingerprint density at radius 2 is 1.68 bits per heavy atom. The number of benzene rings is 2. The standard InChI is InChI=1S/C25H26ClN5/c1-15-11-13-17(14-12-15)22-16(2)23(28-24(27-22)18-7-3-5-9-20(18)26)29-25-19-8-4-6-10-21(19)30-31-25/h3-10,15,17H,11-14H2,1-2H3,(H2,27,28,29,30,31). The number of para-hydroxylation sites is 1. The first-order valence-corrected chi connectivity index (χ1v) is 11.3. The molecule has 0 aliphatic heterocycles. The Balaban J connectivity index is 1.61. The van der Waals surface area contributed by atoms with Crippen LogP contribution in [0.2, 0.25) is 5.02 Å². The van der Waals surface area contributed by atoms with E-state index in [2.05, 4.69) is 35.4 Å². The van der Waals surface area contributed by atoms with Crippen molar-refractivity contribution in [1.82, 2.24) is 20.2 Å². The maximum atomic E-state index is 6.51. The third-order valence-electron chi connectivity index (χ3n) is 6.41. The van der Waals surface area contributed by atoms with Gasteiger partial charge in [-0.1, -0.05) is 55.6 Å². The van der Waals surface area contributed by atoms with Gasteiger partial charge >= 0.3 is 0 Å². The highest BCUT2D eigenvalue weighted by molar-refractivity contribution is 6.33. The summed E-state index contributed by atoms with van der Waals surface area (Å²) in [5, 5.41) is 12.7. The molecule has 0 radical (unpaired) electrons. The molecule has 1 aliphatic carbocycles. The second kappa shape index (κ2) is 8.31. The first-order valence-electron chi connectivity index (χ1n) is 10.9. The lowest BCUT2D eigenvalue weighted by atomic mass is 9.80. The third-order valence-corrected chi connectivity index (χ3v) is 6.74. The normalized spacial score (nSPS) is 18.9. The smallest absolute Gasteiger partial charge is 0.163 e. The van der Waals surface area contributed by atoms with E-state index in [1.165, 1.54) is 12.8 Å². The molecule has 1 aliphatic rings. The van der Waals surface area contributed by atoms with E-state index in [4.69, 9.17) is 21.6 Å². The fourth-order valence-electron chi connectivity index (χ4n) is 4.52. The summed E-state index contributed by atoms with van der Waals surface area (Å²) in [7, 11) is 0. The fraction of sp³-hybridized carbons (Fsp3) is 0.320. The van der Waals surface area contributed by atoms with Crippen molar-refractivity contribution < 1.29 is 0 Å². The van der Waals surface area contributed by atoms with Crippen LogP contribution < -0.4 is 5.32 Å². The van der Waals surface area contributed by atoms with Gasteiger partial charge in [-0.25, -0.2) is 9.97 Å². The van der Waals surface area contributed by atoms with Gasteiger partial charge in [-0.2, -0.15) is 5.10 Å². The highest BCUT2D eigenvalue weighted by Gasteiger charge is 2.25. The Hall–Kier alpha value is -2.92. The van der Waals surface area contributed by atoms with Crippen molar-refractivity contribution in [1.29, 1.82) is 0 Å². The summed E-state index contributed by atoms with van der Waals surface area (Å²) in [6.07, 6.45) is 4.79. The molecule has 5 rings (SSSR count). The molecule has 2 N–H and O–H groups in total. The van der Waals surface area contributed by atoms with Gasteiger partial charge in [-0.15, -0.1) is 0 Å². The minimum Gasteiger partial charge on any atom is -0.323 e. The molecule has 0 saturated heterocycles. The topological polar surface area (TPSA) is 66.5 Å². The maximum absolute atomic E-state index is 6.51. The number of hydrogen-bond donors (Lipinski definition) is 2. The molecule has 0 spiro atoms. The Labute approximate surface area is 187 Å². The van der Waals surface area contributed by atoms with Crippen molar-refractivity contribution in [2.45, 2.75) is 45.4 Å². The monoisotopic (exact) mass is 431 g/mol. The summed E-state index contributed by atoms with van der Waals surface area (Å²) in [5.74, 6) is 3.44. The molecule has 158 valence electrons. The van der Waals surface area contributed by atoms with Gasteiger partial charge in [0.25, 0.3) is 0 Å². The second-order valence-electron chi connectivity index (χ2n) is 8.59. The number of rotatable bonds is 4. The Morgan fingerprint density at radius 3 is 2.48 bits per heavy atom. The third kappa shape index (κ3) is 3.90. The average Bonchev–Trinajstić information content (AvgIpc) is 3.19. The molecule has 0 unspecified atom stereocenters. The molecule has 2 aromatic heterocycles. The molecule has 2 heterocycles. The van der Waals surface area contributed by atoms with E-state index in [1.807, 2.05) is 42.5 Å². The number of halogens is 1. The molecule has 5 nitrogen and oxygen atoms in total. The van der Waals surface area contributed by atoms with E-state index in [0.29, 0.717) is 16.8 Å². The quantitative estimate of drug-likeness (QED) is 0.364. The van der Waals surface area contributed by atoms with Crippen LogP contribution in [0.5, 0.6) is 0 Å². The number of anilines is 2. The molecule has 2 aromatic carbocycles. The molecule has 0 atom stereocenters. The molecule has 1 fully saturated rings. The van der Waals surface area contributed by atoms with E-state index in [-0.39, 0.29) is 0 Å². The van der Waals surface area contributed by atoms with Gasteiger partial charge in [0.05, 0.1) is 16.2 Å². The Kier molecular flexibility index (Phi) is 5.36. The summed E-state index contributed by atoms with van der Waals surface area (Å²) in [5.41, 5.74) is 4.05. The fourth-order valence-corrected chi connectivity index (χ4v) is 4.74. The highest BCUT2D eigenvalue weighted by atomic mass is 35.5. The Bertz CT molecular complexity index is 1220. The van der Waals surface area contributed by atoms with Crippen molar-refractivity contribution in [3.05, 3.63) is 64.8 Å². The van der Waals surface area contributed by atoms with Gasteiger partial charge in [0.2, 0.25) is 0 Å². The molecular formula is C25H26ClN5. The summed E-state index contributed by atoms with van der Waals surface area (Å²) >= 11 is 6.51. The predicted molar refractivity (Wildman–Crippen MR) is 127 cm³/mol. The summed E-state index contributed by atoms with van der Waals surface area (Å²) < 4.78 is 0. The predicted octanol–water partition coefficient (Wildman–Crippen LogP) is 7.02. The SMILES string of the molecule is Cc1c(Nc2n[nH]c3ccccc23)nc(-c2ccccc2Cl)nc1C1CCC(C)CC1. The van der Waals surface area contributed by atoms with Crippen LogP contribution in [0, 0.1) is 12.8 Å². The van der Waals surface area contributed by atoms with Crippen molar-refractivity contribution in [3.8, 4) is 11.4 Å². The zero-order valence-electron chi connectivity index (χ0n) is 17.8. The summed E-state index contributed by atoms with van der Waals surface area (Å²) in [4.78, 5) is 9.94. The zero-order valence-corrected chi connectivity index (χ0v) is 18.6. The van der Waals surface area contributed by atoms with Crippen LogP contribution in [0.4, 0.5) is 11.6 Å². The van der Waals surface area contributed by atoms with Gasteiger partial charge < -0.3 is 5.32 Å². The van der Waals surface area contributed by atoms with E-state index in [0.717, 1.165) is 58.1 Å². The largest absolute Gasteiger partial charge is 0.323 e. The molecule has 4 aromatic rings.